The Bertz CT molecular complexity index is 311. The zero-order valence-electron chi connectivity index (χ0n) is 10.9. The average Bonchev–Trinajstić information content (AvgIpc) is 2.40. The second-order valence-electron chi connectivity index (χ2n) is 4.38. The van der Waals surface area contributed by atoms with E-state index in [0.29, 0.717) is 6.42 Å². The first kappa shape index (κ1) is 14.2. The molecule has 3 nitrogen and oxygen atoms in total. The van der Waals surface area contributed by atoms with E-state index in [0.717, 1.165) is 25.2 Å². The molecule has 0 saturated carbocycles. The summed E-state index contributed by atoms with van der Waals surface area (Å²) in [6.07, 6.45) is 0.676. The maximum atomic E-state index is 10.6. The molecule has 0 aliphatic heterocycles. The fraction of sp³-hybridized carbons (Fsp3) is 0.571. The minimum atomic E-state index is -0.899. The molecule has 1 rings (SSSR count). The van der Waals surface area contributed by atoms with E-state index < -0.39 is 5.60 Å². The second-order valence-corrected chi connectivity index (χ2v) is 4.38. The summed E-state index contributed by atoms with van der Waals surface area (Å²) in [4.78, 5) is 2.30. The largest absolute Gasteiger partial charge is 0.384 e. The Hall–Kier alpha value is -0.900. The molecule has 0 aliphatic rings. The molecule has 3 heteroatoms. The molecule has 0 radical (unpaired) electrons. The molecular weight excluding hydrogens is 212 g/mol. The lowest BCUT2D eigenvalue weighted by atomic mass is 9.90. The van der Waals surface area contributed by atoms with Crippen LogP contribution < -0.4 is 5.73 Å². The average molecular weight is 236 g/mol. The summed E-state index contributed by atoms with van der Waals surface area (Å²) in [6, 6.07) is 9.70. The molecule has 1 unspecified atom stereocenters. The van der Waals surface area contributed by atoms with Crippen molar-refractivity contribution in [2.24, 2.45) is 5.73 Å². The Labute approximate surface area is 104 Å². The lowest BCUT2D eigenvalue weighted by Gasteiger charge is -2.30. The third-order valence-corrected chi connectivity index (χ3v) is 3.38. The molecule has 0 heterocycles. The molecule has 0 amide bonds. The summed E-state index contributed by atoms with van der Waals surface area (Å²) in [5.74, 6) is 0. The van der Waals surface area contributed by atoms with Crippen LogP contribution >= 0.6 is 0 Å². The SMILES string of the molecule is CCN(CC)CCC(O)(CN)c1ccccc1. The maximum absolute atomic E-state index is 10.6. The van der Waals surface area contributed by atoms with Crippen LogP contribution in [0, 0.1) is 0 Å². The van der Waals surface area contributed by atoms with Crippen LogP contribution in [-0.2, 0) is 5.60 Å². The quantitative estimate of drug-likeness (QED) is 0.755. The fourth-order valence-corrected chi connectivity index (χ4v) is 2.00. The highest BCUT2D eigenvalue weighted by atomic mass is 16.3. The predicted molar refractivity (Wildman–Crippen MR) is 71.8 cm³/mol. The van der Waals surface area contributed by atoms with Crippen molar-refractivity contribution in [3.05, 3.63) is 35.9 Å². The van der Waals surface area contributed by atoms with Crippen molar-refractivity contribution < 1.29 is 5.11 Å². The first-order chi connectivity index (χ1) is 8.16. The minimum absolute atomic E-state index is 0.262. The van der Waals surface area contributed by atoms with Gasteiger partial charge in [-0.1, -0.05) is 44.2 Å². The van der Waals surface area contributed by atoms with Gasteiger partial charge in [0.1, 0.15) is 5.60 Å². The zero-order valence-corrected chi connectivity index (χ0v) is 10.9. The first-order valence-electron chi connectivity index (χ1n) is 6.36. The van der Waals surface area contributed by atoms with Gasteiger partial charge in [-0.2, -0.15) is 0 Å². The monoisotopic (exact) mass is 236 g/mol. The summed E-state index contributed by atoms with van der Waals surface area (Å²) in [7, 11) is 0. The van der Waals surface area contributed by atoms with Crippen molar-refractivity contribution in [2.75, 3.05) is 26.2 Å². The van der Waals surface area contributed by atoms with E-state index in [1.165, 1.54) is 0 Å². The van der Waals surface area contributed by atoms with E-state index in [1.54, 1.807) is 0 Å². The molecule has 0 fully saturated rings. The second kappa shape index (κ2) is 6.74. The Kier molecular flexibility index (Phi) is 5.62. The maximum Gasteiger partial charge on any atom is 0.103 e. The predicted octanol–water partition coefficient (Wildman–Crippen LogP) is 1.56. The van der Waals surface area contributed by atoms with Crippen LogP contribution in [0.5, 0.6) is 0 Å². The van der Waals surface area contributed by atoms with Gasteiger partial charge in [0.15, 0.2) is 0 Å². The van der Waals surface area contributed by atoms with Gasteiger partial charge in [0, 0.05) is 13.1 Å². The Morgan fingerprint density at radius 2 is 1.76 bits per heavy atom. The van der Waals surface area contributed by atoms with Gasteiger partial charge in [-0.05, 0) is 25.1 Å². The van der Waals surface area contributed by atoms with E-state index in [4.69, 9.17) is 5.73 Å². The summed E-state index contributed by atoms with van der Waals surface area (Å²) in [6.45, 7) is 7.41. The van der Waals surface area contributed by atoms with E-state index in [9.17, 15) is 5.11 Å². The molecule has 0 aliphatic carbocycles. The van der Waals surface area contributed by atoms with E-state index in [1.807, 2.05) is 30.3 Å². The third-order valence-electron chi connectivity index (χ3n) is 3.38. The van der Waals surface area contributed by atoms with Crippen LogP contribution in [0.2, 0.25) is 0 Å². The highest BCUT2D eigenvalue weighted by molar-refractivity contribution is 5.22. The van der Waals surface area contributed by atoms with E-state index in [-0.39, 0.29) is 6.54 Å². The molecule has 1 aromatic rings. The molecule has 1 aromatic carbocycles. The van der Waals surface area contributed by atoms with Crippen LogP contribution in [-0.4, -0.2) is 36.2 Å². The van der Waals surface area contributed by atoms with Crippen LogP contribution in [0.3, 0.4) is 0 Å². The Morgan fingerprint density at radius 3 is 2.24 bits per heavy atom. The van der Waals surface area contributed by atoms with Crippen molar-refractivity contribution >= 4 is 0 Å². The van der Waals surface area contributed by atoms with Gasteiger partial charge in [-0.15, -0.1) is 0 Å². The number of hydrogen-bond donors (Lipinski definition) is 2. The molecule has 3 N–H and O–H groups in total. The molecule has 96 valence electrons. The molecule has 0 spiro atoms. The van der Waals surface area contributed by atoms with Crippen LogP contribution in [0.4, 0.5) is 0 Å². The van der Waals surface area contributed by atoms with Gasteiger partial charge >= 0.3 is 0 Å². The third kappa shape index (κ3) is 3.80. The Balaban J connectivity index is 2.69. The summed E-state index contributed by atoms with van der Waals surface area (Å²) in [5.41, 5.74) is 5.75. The topological polar surface area (TPSA) is 49.5 Å². The Morgan fingerprint density at radius 1 is 1.18 bits per heavy atom. The molecule has 0 saturated heterocycles. The number of rotatable bonds is 7. The minimum Gasteiger partial charge on any atom is -0.384 e. The highest BCUT2D eigenvalue weighted by Gasteiger charge is 2.27. The number of aliphatic hydroxyl groups is 1. The number of nitrogens with zero attached hydrogens (tertiary/aromatic N) is 1. The van der Waals surface area contributed by atoms with Crippen LogP contribution in [0.25, 0.3) is 0 Å². The van der Waals surface area contributed by atoms with Crippen molar-refractivity contribution in [1.29, 1.82) is 0 Å². The van der Waals surface area contributed by atoms with Gasteiger partial charge in [-0.3, -0.25) is 0 Å². The van der Waals surface area contributed by atoms with E-state index in [2.05, 4.69) is 18.7 Å². The van der Waals surface area contributed by atoms with Crippen molar-refractivity contribution in [3.8, 4) is 0 Å². The van der Waals surface area contributed by atoms with Gasteiger partial charge < -0.3 is 15.7 Å². The fourth-order valence-electron chi connectivity index (χ4n) is 2.00. The van der Waals surface area contributed by atoms with Gasteiger partial charge in [-0.25, -0.2) is 0 Å². The number of benzene rings is 1. The number of nitrogens with two attached hydrogens (primary N) is 1. The van der Waals surface area contributed by atoms with Gasteiger partial charge in [0.25, 0.3) is 0 Å². The van der Waals surface area contributed by atoms with Crippen LogP contribution in [0.1, 0.15) is 25.8 Å². The molecular formula is C14H24N2O. The zero-order chi connectivity index (χ0) is 12.7. The van der Waals surface area contributed by atoms with Crippen LogP contribution in [0.15, 0.2) is 30.3 Å². The molecule has 0 aromatic heterocycles. The van der Waals surface area contributed by atoms with Gasteiger partial charge in [0.2, 0.25) is 0 Å². The molecule has 1 atom stereocenters. The molecule has 0 bridgehead atoms. The van der Waals surface area contributed by atoms with Crippen molar-refractivity contribution in [2.45, 2.75) is 25.9 Å². The van der Waals surface area contributed by atoms with Crippen molar-refractivity contribution in [3.63, 3.8) is 0 Å². The number of hydrogen-bond acceptors (Lipinski definition) is 3. The van der Waals surface area contributed by atoms with Gasteiger partial charge in [0.05, 0.1) is 0 Å². The summed E-state index contributed by atoms with van der Waals surface area (Å²) < 4.78 is 0. The lowest BCUT2D eigenvalue weighted by molar-refractivity contribution is 0.0267. The smallest absolute Gasteiger partial charge is 0.103 e. The first-order valence-corrected chi connectivity index (χ1v) is 6.36. The molecule has 17 heavy (non-hydrogen) atoms. The summed E-state index contributed by atoms with van der Waals surface area (Å²) in [5, 5.41) is 10.6. The lowest BCUT2D eigenvalue weighted by Crippen LogP contribution is -2.39. The normalized spacial score (nSPS) is 14.9. The highest BCUT2D eigenvalue weighted by Crippen LogP contribution is 2.23. The van der Waals surface area contributed by atoms with Crippen molar-refractivity contribution in [1.82, 2.24) is 4.90 Å². The standard InChI is InChI=1S/C14H24N2O/c1-3-16(4-2)11-10-14(17,12-15)13-8-6-5-7-9-13/h5-9,17H,3-4,10-12,15H2,1-2H3. The summed E-state index contributed by atoms with van der Waals surface area (Å²) >= 11 is 0. The van der Waals surface area contributed by atoms with E-state index >= 15 is 0 Å².